The Bertz CT molecular complexity index is 1120. The van der Waals surface area contributed by atoms with Gasteiger partial charge in [-0.15, -0.1) is 0 Å². The summed E-state index contributed by atoms with van der Waals surface area (Å²) in [6, 6.07) is 12.6. The smallest absolute Gasteiger partial charge is 0.230 e. The molecule has 1 saturated carbocycles. The Morgan fingerprint density at radius 1 is 1.03 bits per heavy atom. The fourth-order valence-electron chi connectivity index (χ4n) is 5.99. The molecule has 0 spiro atoms. The highest BCUT2D eigenvalue weighted by molar-refractivity contribution is 7.99. The number of piperidine rings is 1. The standard InChI is InChI=1S/C29H39ClN6O2S/c1-21-18-35(15-16-36(21)28(38)23-9-5-6-10-23)26-17-25(30)32-29(33-26)39-20-27(37)31-24-11-13-34(14-12-24)19-22-7-3-2-4-8-22/h2-4,7-8,17,21,23-24H,5-6,9-16,18-20H2,1H3,(H,31,37). The summed E-state index contributed by atoms with van der Waals surface area (Å²) in [4.78, 5) is 41.4. The van der Waals surface area contributed by atoms with Crippen molar-refractivity contribution in [1.29, 1.82) is 0 Å². The first kappa shape index (κ1) is 28.2. The highest BCUT2D eigenvalue weighted by Crippen LogP contribution is 2.29. The zero-order valence-corrected chi connectivity index (χ0v) is 24.3. The Kier molecular flexibility index (Phi) is 9.63. The number of nitrogens with one attached hydrogen (secondary N) is 1. The van der Waals surface area contributed by atoms with E-state index in [-0.39, 0.29) is 29.7 Å². The molecule has 2 aromatic rings. The van der Waals surface area contributed by atoms with Gasteiger partial charge in [-0.3, -0.25) is 14.5 Å². The van der Waals surface area contributed by atoms with Gasteiger partial charge in [0.2, 0.25) is 11.8 Å². The van der Waals surface area contributed by atoms with Crippen LogP contribution in [0.1, 0.15) is 51.0 Å². The molecule has 39 heavy (non-hydrogen) atoms. The van der Waals surface area contributed by atoms with E-state index in [4.69, 9.17) is 16.6 Å². The molecule has 0 radical (unpaired) electrons. The number of carbonyl (C=O) groups excluding carboxylic acids is 2. The van der Waals surface area contributed by atoms with Crippen LogP contribution in [0.25, 0.3) is 0 Å². The minimum atomic E-state index is -0.000651. The molecule has 5 rings (SSSR count). The predicted molar refractivity (Wildman–Crippen MR) is 156 cm³/mol. The number of hydrogen-bond donors (Lipinski definition) is 1. The third-order valence-electron chi connectivity index (χ3n) is 8.13. The van der Waals surface area contributed by atoms with E-state index < -0.39 is 0 Å². The lowest BCUT2D eigenvalue weighted by atomic mass is 10.0. The van der Waals surface area contributed by atoms with Gasteiger partial charge in [-0.2, -0.15) is 0 Å². The average Bonchev–Trinajstić information content (AvgIpc) is 3.48. The second kappa shape index (κ2) is 13.3. The molecule has 210 valence electrons. The first-order valence-corrected chi connectivity index (χ1v) is 15.6. The van der Waals surface area contributed by atoms with Crippen LogP contribution in [0.2, 0.25) is 5.15 Å². The van der Waals surface area contributed by atoms with Gasteiger partial charge in [0.25, 0.3) is 0 Å². The lowest BCUT2D eigenvalue weighted by Gasteiger charge is -2.41. The Morgan fingerprint density at radius 3 is 2.49 bits per heavy atom. The molecule has 8 nitrogen and oxygen atoms in total. The quantitative estimate of drug-likeness (QED) is 0.289. The number of aromatic nitrogens is 2. The number of likely N-dealkylation sites (tertiary alicyclic amines) is 1. The third-order valence-corrected chi connectivity index (χ3v) is 9.17. The van der Waals surface area contributed by atoms with E-state index in [1.54, 1.807) is 6.07 Å². The van der Waals surface area contributed by atoms with E-state index in [9.17, 15) is 9.59 Å². The van der Waals surface area contributed by atoms with Crippen LogP contribution in [0, 0.1) is 5.92 Å². The molecule has 3 heterocycles. The molecule has 1 aliphatic carbocycles. The first-order chi connectivity index (χ1) is 18.9. The minimum absolute atomic E-state index is 0.000651. The number of thioether (sulfide) groups is 1. The van der Waals surface area contributed by atoms with Crippen molar-refractivity contribution in [2.45, 2.75) is 69.2 Å². The van der Waals surface area contributed by atoms with Crippen molar-refractivity contribution < 1.29 is 9.59 Å². The van der Waals surface area contributed by atoms with Crippen LogP contribution in [-0.2, 0) is 16.1 Å². The summed E-state index contributed by atoms with van der Waals surface area (Å²) >= 11 is 7.67. The normalized spacial score (nSPS) is 21.3. The number of amides is 2. The molecule has 1 aromatic carbocycles. The van der Waals surface area contributed by atoms with Gasteiger partial charge in [-0.1, -0.05) is 66.5 Å². The van der Waals surface area contributed by atoms with E-state index >= 15 is 0 Å². The zero-order valence-electron chi connectivity index (χ0n) is 22.7. The summed E-state index contributed by atoms with van der Waals surface area (Å²) in [7, 11) is 0. The number of rotatable bonds is 8. The van der Waals surface area contributed by atoms with Crippen molar-refractivity contribution in [2.24, 2.45) is 5.92 Å². The topological polar surface area (TPSA) is 81.7 Å². The van der Waals surface area contributed by atoms with Crippen LogP contribution in [0.4, 0.5) is 5.82 Å². The Hall–Kier alpha value is -2.36. The third kappa shape index (κ3) is 7.64. The summed E-state index contributed by atoms with van der Waals surface area (Å²) < 4.78 is 0. The fraction of sp³-hybridized carbons (Fsp3) is 0.586. The van der Waals surface area contributed by atoms with Gasteiger partial charge in [0.15, 0.2) is 5.16 Å². The van der Waals surface area contributed by atoms with E-state index in [0.717, 1.165) is 64.0 Å². The van der Waals surface area contributed by atoms with Crippen molar-refractivity contribution in [2.75, 3.05) is 43.4 Å². The number of nitrogens with zero attached hydrogens (tertiary/aromatic N) is 5. The van der Waals surface area contributed by atoms with Crippen molar-refractivity contribution in [3.05, 3.63) is 47.1 Å². The molecule has 3 fully saturated rings. The summed E-state index contributed by atoms with van der Waals surface area (Å²) in [5.74, 6) is 1.51. The number of piperazine rings is 1. The second-order valence-corrected chi connectivity index (χ2v) is 12.4. The number of benzene rings is 1. The van der Waals surface area contributed by atoms with Crippen LogP contribution in [-0.4, -0.2) is 82.1 Å². The van der Waals surface area contributed by atoms with Crippen LogP contribution in [0.15, 0.2) is 41.6 Å². The summed E-state index contributed by atoms with van der Waals surface area (Å²) in [5.41, 5.74) is 1.33. The molecular weight excluding hydrogens is 532 g/mol. The Balaban J connectivity index is 1.08. The van der Waals surface area contributed by atoms with Gasteiger partial charge in [0, 0.05) is 63.3 Å². The Morgan fingerprint density at radius 2 is 1.77 bits per heavy atom. The van der Waals surface area contributed by atoms with Crippen LogP contribution < -0.4 is 10.2 Å². The molecular formula is C29H39ClN6O2S. The number of anilines is 1. The summed E-state index contributed by atoms with van der Waals surface area (Å²) in [5, 5.41) is 4.06. The van der Waals surface area contributed by atoms with Gasteiger partial charge in [0.1, 0.15) is 11.0 Å². The van der Waals surface area contributed by atoms with Gasteiger partial charge in [-0.25, -0.2) is 9.97 Å². The van der Waals surface area contributed by atoms with Crippen molar-refractivity contribution in [3.63, 3.8) is 0 Å². The summed E-state index contributed by atoms with van der Waals surface area (Å²) in [6.45, 7) is 7.12. The van der Waals surface area contributed by atoms with Crippen molar-refractivity contribution in [1.82, 2.24) is 25.1 Å². The van der Waals surface area contributed by atoms with E-state index in [0.29, 0.717) is 35.9 Å². The number of hydrogen-bond acceptors (Lipinski definition) is 7. The fourth-order valence-corrected chi connectivity index (χ4v) is 6.88. The van der Waals surface area contributed by atoms with E-state index in [2.05, 4.69) is 51.3 Å². The molecule has 2 saturated heterocycles. The molecule has 2 amide bonds. The van der Waals surface area contributed by atoms with Crippen LogP contribution >= 0.6 is 23.4 Å². The summed E-state index contributed by atoms with van der Waals surface area (Å²) in [6.07, 6.45) is 6.28. The largest absolute Gasteiger partial charge is 0.353 e. The monoisotopic (exact) mass is 570 g/mol. The lowest BCUT2D eigenvalue weighted by molar-refractivity contribution is -0.137. The van der Waals surface area contributed by atoms with Crippen molar-refractivity contribution >= 4 is 41.0 Å². The molecule has 1 N–H and O–H groups in total. The Labute approximate surface area is 240 Å². The molecule has 2 aliphatic heterocycles. The minimum Gasteiger partial charge on any atom is -0.353 e. The highest BCUT2D eigenvalue weighted by atomic mass is 35.5. The molecule has 3 aliphatic rings. The van der Waals surface area contributed by atoms with Gasteiger partial charge >= 0.3 is 0 Å². The van der Waals surface area contributed by atoms with E-state index in [1.807, 2.05) is 11.0 Å². The molecule has 10 heteroatoms. The maximum Gasteiger partial charge on any atom is 0.230 e. The average molecular weight is 571 g/mol. The SMILES string of the molecule is CC1CN(c2cc(Cl)nc(SCC(=O)NC3CCN(Cc4ccccc4)CC3)n2)CCN1C(=O)C1CCCC1. The molecule has 0 bridgehead atoms. The van der Waals surface area contributed by atoms with Gasteiger partial charge < -0.3 is 15.1 Å². The molecule has 1 aromatic heterocycles. The van der Waals surface area contributed by atoms with E-state index in [1.165, 1.54) is 17.3 Å². The van der Waals surface area contributed by atoms with Gasteiger partial charge in [-0.05, 0) is 38.2 Å². The maximum absolute atomic E-state index is 13.0. The van der Waals surface area contributed by atoms with Crippen molar-refractivity contribution in [3.8, 4) is 0 Å². The number of halogens is 1. The number of carbonyl (C=O) groups is 2. The predicted octanol–water partition coefficient (Wildman–Crippen LogP) is 4.23. The maximum atomic E-state index is 13.0. The van der Waals surface area contributed by atoms with Gasteiger partial charge in [0.05, 0.1) is 5.75 Å². The molecule has 1 unspecified atom stereocenters. The zero-order chi connectivity index (χ0) is 27.2. The first-order valence-electron chi connectivity index (χ1n) is 14.2. The lowest BCUT2D eigenvalue weighted by Crippen LogP contribution is -2.55. The van der Waals surface area contributed by atoms with Crippen LogP contribution in [0.3, 0.4) is 0 Å². The second-order valence-electron chi connectivity index (χ2n) is 11.0. The van der Waals surface area contributed by atoms with Crippen LogP contribution in [0.5, 0.6) is 0 Å². The molecule has 1 atom stereocenters. The highest BCUT2D eigenvalue weighted by Gasteiger charge is 2.33.